The number of anilines is 1. The first-order valence-electron chi connectivity index (χ1n) is 13.5. The lowest BCUT2D eigenvalue weighted by Crippen LogP contribution is -2.54. The van der Waals surface area contributed by atoms with E-state index >= 15 is 0 Å². The van der Waals surface area contributed by atoms with Crippen LogP contribution in [0.15, 0.2) is 66.7 Å². The summed E-state index contributed by atoms with van der Waals surface area (Å²) in [5.41, 5.74) is 1.71. The molecule has 2 amide bonds. The van der Waals surface area contributed by atoms with Crippen LogP contribution in [0, 0.1) is 0 Å². The number of benzene rings is 3. The molecule has 3 aromatic rings. The number of rotatable bonds is 12. The van der Waals surface area contributed by atoms with Gasteiger partial charge in [-0.2, -0.15) is 0 Å². The lowest BCUT2D eigenvalue weighted by Gasteiger charge is -2.34. The standard InChI is InChI=1S/C30H33Cl2N3O6S/c1-4-42(38,39)35(23-11-13-27-28(16-23)41-19-40-27)18-29(36)34(17-22-10-12-24(31)25(32)14-22)26(30(37)33-20(2)3)15-21-8-6-5-7-9-21/h5-14,16,20,26H,4,15,17-19H2,1-3H3,(H,33,37)/t26-/m0/s1. The van der Waals surface area contributed by atoms with E-state index in [4.69, 9.17) is 32.7 Å². The van der Waals surface area contributed by atoms with E-state index in [9.17, 15) is 18.0 Å². The summed E-state index contributed by atoms with van der Waals surface area (Å²) in [6.07, 6.45) is 0.205. The van der Waals surface area contributed by atoms with Gasteiger partial charge in [-0.3, -0.25) is 13.9 Å². The highest BCUT2D eigenvalue weighted by molar-refractivity contribution is 7.92. The Morgan fingerprint density at radius 3 is 2.31 bits per heavy atom. The van der Waals surface area contributed by atoms with Gasteiger partial charge < -0.3 is 19.7 Å². The zero-order valence-electron chi connectivity index (χ0n) is 23.5. The molecule has 224 valence electrons. The molecule has 0 saturated heterocycles. The van der Waals surface area contributed by atoms with Crippen LogP contribution in [0.5, 0.6) is 11.5 Å². The van der Waals surface area contributed by atoms with Gasteiger partial charge in [-0.05, 0) is 56.2 Å². The highest BCUT2D eigenvalue weighted by Gasteiger charge is 2.34. The number of fused-ring (bicyclic) bond motifs is 1. The third kappa shape index (κ3) is 7.67. The maximum atomic E-state index is 14.2. The molecule has 0 fully saturated rings. The fourth-order valence-electron chi connectivity index (χ4n) is 4.53. The normalized spacial score (nSPS) is 13.1. The van der Waals surface area contributed by atoms with Crippen LogP contribution in [0.4, 0.5) is 5.69 Å². The summed E-state index contributed by atoms with van der Waals surface area (Å²) in [6.45, 7) is 4.62. The molecule has 0 radical (unpaired) electrons. The molecule has 4 rings (SSSR count). The number of carbonyl (C=O) groups excluding carboxylic acids is 2. The summed E-state index contributed by atoms with van der Waals surface area (Å²) >= 11 is 12.4. The van der Waals surface area contributed by atoms with Gasteiger partial charge in [-0.1, -0.05) is 59.6 Å². The summed E-state index contributed by atoms with van der Waals surface area (Å²) in [7, 11) is -3.92. The first-order chi connectivity index (χ1) is 20.0. The topological polar surface area (TPSA) is 105 Å². The number of nitrogens with zero attached hydrogens (tertiary/aromatic N) is 2. The Hall–Kier alpha value is -3.47. The molecule has 12 heteroatoms. The number of amides is 2. The molecule has 0 unspecified atom stereocenters. The van der Waals surface area contributed by atoms with E-state index < -0.39 is 28.5 Å². The summed E-state index contributed by atoms with van der Waals surface area (Å²) in [4.78, 5) is 29.3. The number of halogens is 2. The highest BCUT2D eigenvalue weighted by Crippen LogP contribution is 2.36. The highest BCUT2D eigenvalue weighted by atomic mass is 35.5. The van der Waals surface area contributed by atoms with Gasteiger partial charge >= 0.3 is 0 Å². The fraction of sp³-hybridized carbons (Fsp3) is 0.333. The van der Waals surface area contributed by atoms with Crippen molar-refractivity contribution >= 4 is 50.7 Å². The van der Waals surface area contributed by atoms with Crippen molar-refractivity contribution in [1.29, 1.82) is 0 Å². The van der Waals surface area contributed by atoms with E-state index in [0.717, 1.165) is 9.87 Å². The monoisotopic (exact) mass is 633 g/mol. The molecule has 1 heterocycles. The molecule has 0 spiro atoms. The number of hydrogen-bond donors (Lipinski definition) is 1. The molecule has 0 bridgehead atoms. The third-order valence-corrected chi connectivity index (χ3v) is 9.14. The van der Waals surface area contributed by atoms with Crippen LogP contribution >= 0.6 is 23.2 Å². The summed E-state index contributed by atoms with van der Waals surface area (Å²) < 4.78 is 38.5. The van der Waals surface area contributed by atoms with Crippen LogP contribution in [-0.4, -0.2) is 56.3 Å². The van der Waals surface area contributed by atoms with E-state index in [1.54, 1.807) is 30.3 Å². The molecule has 0 aromatic heterocycles. The Bertz CT molecular complexity index is 1540. The molecule has 1 aliphatic rings. The maximum Gasteiger partial charge on any atom is 0.244 e. The average Bonchev–Trinajstić information content (AvgIpc) is 3.43. The van der Waals surface area contributed by atoms with Gasteiger partial charge in [-0.15, -0.1) is 0 Å². The summed E-state index contributed by atoms with van der Waals surface area (Å²) in [5.74, 6) is -0.329. The molecule has 3 aromatic carbocycles. The number of nitrogens with one attached hydrogen (secondary N) is 1. The molecule has 0 aliphatic carbocycles. The van der Waals surface area contributed by atoms with Crippen LogP contribution in [0.3, 0.4) is 0 Å². The number of ether oxygens (including phenoxy) is 2. The quantitative estimate of drug-likeness (QED) is 0.299. The first kappa shape index (κ1) is 31.5. The lowest BCUT2D eigenvalue weighted by atomic mass is 10.0. The van der Waals surface area contributed by atoms with Crippen LogP contribution in [0.25, 0.3) is 0 Å². The van der Waals surface area contributed by atoms with E-state index in [-0.39, 0.29) is 43.1 Å². The molecule has 1 atom stereocenters. The minimum Gasteiger partial charge on any atom is -0.454 e. The molecule has 1 N–H and O–H groups in total. The van der Waals surface area contributed by atoms with Crippen molar-refractivity contribution in [2.45, 2.75) is 45.8 Å². The summed E-state index contributed by atoms with van der Waals surface area (Å²) in [6, 6.07) is 17.8. The van der Waals surface area contributed by atoms with Gasteiger partial charge in [0.15, 0.2) is 11.5 Å². The Balaban J connectivity index is 1.76. The molecular weight excluding hydrogens is 601 g/mol. The predicted octanol–water partition coefficient (Wildman–Crippen LogP) is 5.04. The number of carbonyl (C=O) groups is 2. The van der Waals surface area contributed by atoms with E-state index in [2.05, 4.69) is 5.32 Å². The lowest BCUT2D eigenvalue weighted by molar-refractivity contribution is -0.140. The second-order valence-electron chi connectivity index (χ2n) is 10.1. The Kier molecular flexibility index (Phi) is 10.2. The van der Waals surface area contributed by atoms with Gasteiger partial charge in [0.1, 0.15) is 12.6 Å². The van der Waals surface area contributed by atoms with Gasteiger partial charge in [-0.25, -0.2) is 8.42 Å². The third-order valence-electron chi connectivity index (χ3n) is 6.66. The van der Waals surface area contributed by atoms with Crippen molar-refractivity contribution in [3.8, 4) is 11.5 Å². The van der Waals surface area contributed by atoms with Crippen molar-refractivity contribution in [2.75, 3.05) is 23.4 Å². The van der Waals surface area contributed by atoms with Gasteiger partial charge in [0.05, 0.1) is 21.5 Å². The second kappa shape index (κ2) is 13.7. The van der Waals surface area contributed by atoms with Crippen LogP contribution < -0.4 is 19.1 Å². The fourth-order valence-corrected chi connectivity index (χ4v) is 5.90. The zero-order chi connectivity index (χ0) is 30.4. The van der Waals surface area contributed by atoms with Crippen molar-refractivity contribution in [1.82, 2.24) is 10.2 Å². The first-order valence-corrected chi connectivity index (χ1v) is 15.8. The molecule has 9 nitrogen and oxygen atoms in total. The Labute approximate surface area is 256 Å². The van der Waals surface area contributed by atoms with E-state index in [1.165, 1.54) is 17.9 Å². The second-order valence-corrected chi connectivity index (χ2v) is 13.1. The minimum absolute atomic E-state index is 0.0140. The van der Waals surface area contributed by atoms with E-state index in [0.29, 0.717) is 27.1 Å². The number of hydrogen-bond acceptors (Lipinski definition) is 6. The van der Waals surface area contributed by atoms with Crippen LogP contribution in [-0.2, 0) is 32.6 Å². The van der Waals surface area contributed by atoms with Crippen LogP contribution in [0.1, 0.15) is 31.9 Å². The van der Waals surface area contributed by atoms with E-state index in [1.807, 2.05) is 44.2 Å². The number of sulfonamides is 1. The van der Waals surface area contributed by atoms with Crippen molar-refractivity contribution in [2.24, 2.45) is 0 Å². The zero-order valence-corrected chi connectivity index (χ0v) is 25.9. The smallest absolute Gasteiger partial charge is 0.244 e. The van der Waals surface area contributed by atoms with Crippen molar-refractivity contribution in [3.05, 3.63) is 87.9 Å². The van der Waals surface area contributed by atoms with Crippen molar-refractivity contribution < 1.29 is 27.5 Å². The van der Waals surface area contributed by atoms with Gasteiger partial charge in [0.25, 0.3) is 0 Å². The van der Waals surface area contributed by atoms with Crippen molar-refractivity contribution in [3.63, 3.8) is 0 Å². The average molecular weight is 635 g/mol. The van der Waals surface area contributed by atoms with Gasteiger partial charge in [0, 0.05) is 25.1 Å². The Morgan fingerprint density at radius 1 is 0.929 bits per heavy atom. The molecule has 0 saturated carbocycles. The summed E-state index contributed by atoms with van der Waals surface area (Å²) in [5, 5.41) is 3.56. The Morgan fingerprint density at radius 2 is 1.64 bits per heavy atom. The minimum atomic E-state index is -3.92. The maximum absolute atomic E-state index is 14.2. The van der Waals surface area contributed by atoms with Crippen LogP contribution in [0.2, 0.25) is 10.0 Å². The SMILES string of the molecule is CCS(=O)(=O)N(CC(=O)N(Cc1ccc(Cl)c(Cl)c1)[C@@H](Cc1ccccc1)C(=O)NC(C)C)c1ccc2c(c1)OCO2. The van der Waals surface area contributed by atoms with Gasteiger partial charge in [0.2, 0.25) is 28.6 Å². The largest absolute Gasteiger partial charge is 0.454 e. The molecule has 1 aliphatic heterocycles. The molecular formula is C30H33Cl2N3O6S. The molecule has 42 heavy (non-hydrogen) atoms. The predicted molar refractivity (Wildman–Crippen MR) is 164 cm³/mol.